The van der Waals surface area contributed by atoms with E-state index < -0.39 is 5.97 Å². The summed E-state index contributed by atoms with van der Waals surface area (Å²) in [5, 5.41) is 9.72. The standard InChI is InChI=1S/C23H19NO2/c1-3-26-23(25)21-14-19(17-11-9-16(2)10-12-17)13-20(22(21)15-24)18-7-5-4-6-8-18/h4-14H,3H2,1-2H3. The first-order valence-corrected chi connectivity index (χ1v) is 8.51. The van der Waals surface area contributed by atoms with Crippen LogP contribution < -0.4 is 0 Å². The molecule has 0 aliphatic carbocycles. The third-order valence-electron chi connectivity index (χ3n) is 4.22. The first kappa shape index (κ1) is 17.4. The monoisotopic (exact) mass is 341 g/mol. The van der Waals surface area contributed by atoms with Crippen molar-refractivity contribution < 1.29 is 9.53 Å². The lowest BCUT2D eigenvalue weighted by Gasteiger charge is -2.13. The maximum Gasteiger partial charge on any atom is 0.339 e. The van der Waals surface area contributed by atoms with Crippen molar-refractivity contribution in [3.63, 3.8) is 0 Å². The van der Waals surface area contributed by atoms with Crippen LogP contribution in [0.4, 0.5) is 0 Å². The smallest absolute Gasteiger partial charge is 0.339 e. The summed E-state index contributed by atoms with van der Waals surface area (Å²) in [6.07, 6.45) is 0. The molecule has 0 atom stereocenters. The van der Waals surface area contributed by atoms with Gasteiger partial charge in [-0.1, -0.05) is 60.2 Å². The van der Waals surface area contributed by atoms with Gasteiger partial charge in [-0.05, 0) is 42.7 Å². The van der Waals surface area contributed by atoms with Crippen molar-refractivity contribution in [3.8, 4) is 28.3 Å². The van der Waals surface area contributed by atoms with E-state index in [4.69, 9.17) is 4.74 Å². The fourth-order valence-electron chi connectivity index (χ4n) is 2.89. The number of carbonyl (C=O) groups excluding carboxylic acids is 1. The number of esters is 1. The van der Waals surface area contributed by atoms with Crippen LogP contribution in [0.15, 0.2) is 66.7 Å². The van der Waals surface area contributed by atoms with Gasteiger partial charge in [-0.15, -0.1) is 0 Å². The van der Waals surface area contributed by atoms with Gasteiger partial charge in [0, 0.05) is 5.56 Å². The molecule has 3 heteroatoms. The maximum absolute atomic E-state index is 12.5. The van der Waals surface area contributed by atoms with Gasteiger partial charge >= 0.3 is 5.97 Å². The molecule has 3 aromatic rings. The third kappa shape index (κ3) is 3.50. The number of carbonyl (C=O) groups is 1. The Morgan fingerprint density at radius 1 is 0.962 bits per heavy atom. The highest BCUT2D eigenvalue weighted by atomic mass is 16.5. The molecule has 3 rings (SSSR count). The molecular formula is C23H19NO2. The molecule has 0 heterocycles. The zero-order valence-corrected chi connectivity index (χ0v) is 14.8. The van der Waals surface area contributed by atoms with Crippen molar-refractivity contribution in [3.05, 3.63) is 83.4 Å². The van der Waals surface area contributed by atoms with Crippen LogP contribution in [0.25, 0.3) is 22.3 Å². The highest BCUT2D eigenvalue weighted by Gasteiger charge is 2.19. The summed E-state index contributed by atoms with van der Waals surface area (Å²) in [6.45, 7) is 4.05. The number of rotatable bonds is 4. The van der Waals surface area contributed by atoms with Crippen molar-refractivity contribution in [2.24, 2.45) is 0 Å². The molecule has 0 N–H and O–H groups in total. The van der Waals surface area contributed by atoms with Gasteiger partial charge in [-0.3, -0.25) is 0 Å². The highest BCUT2D eigenvalue weighted by Crippen LogP contribution is 2.32. The summed E-state index contributed by atoms with van der Waals surface area (Å²) in [5.41, 5.74) is 5.29. The molecule has 0 saturated carbocycles. The second-order valence-electron chi connectivity index (χ2n) is 6.01. The summed E-state index contributed by atoms with van der Waals surface area (Å²) < 4.78 is 5.18. The van der Waals surface area contributed by atoms with Gasteiger partial charge in [-0.25, -0.2) is 4.79 Å². The number of aryl methyl sites for hydroxylation is 1. The van der Waals surface area contributed by atoms with E-state index in [2.05, 4.69) is 6.07 Å². The van der Waals surface area contributed by atoms with E-state index in [1.165, 1.54) is 0 Å². The molecule has 26 heavy (non-hydrogen) atoms. The number of hydrogen-bond acceptors (Lipinski definition) is 3. The quantitative estimate of drug-likeness (QED) is 0.599. The van der Waals surface area contributed by atoms with Gasteiger partial charge < -0.3 is 4.74 Å². The third-order valence-corrected chi connectivity index (χ3v) is 4.22. The van der Waals surface area contributed by atoms with E-state index in [1.807, 2.05) is 67.6 Å². The van der Waals surface area contributed by atoms with Crippen LogP contribution >= 0.6 is 0 Å². The Morgan fingerprint density at radius 2 is 1.65 bits per heavy atom. The topological polar surface area (TPSA) is 50.1 Å². The Kier molecular flexibility index (Phi) is 5.15. The van der Waals surface area contributed by atoms with Crippen LogP contribution in [0.3, 0.4) is 0 Å². The number of hydrogen-bond donors (Lipinski definition) is 0. The SMILES string of the molecule is CCOC(=O)c1cc(-c2ccc(C)cc2)cc(-c2ccccc2)c1C#N. The highest BCUT2D eigenvalue weighted by molar-refractivity contribution is 5.97. The molecule has 0 aliphatic heterocycles. The molecule has 0 amide bonds. The molecule has 0 fully saturated rings. The van der Waals surface area contributed by atoms with Crippen molar-refractivity contribution in [1.29, 1.82) is 5.26 Å². The first-order valence-electron chi connectivity index (χ1n) is 8.51. The van der Waals surface area contributed by atoms with Crippen molar-refractivity contribution in [1.82, 2.24) is 0 Å². The summed E-state index contributed by atoms with van der Waals surface area (Å²) in [4.78, 5) is 12.5. The van der Waals surface area contributed by atoms with Crippen LogP contribution in [-0.4, -0.2) is 12.6 Å². The average Bonchev–Trinajstić information content (AvgIpc) is 2.68. The zero-order chi connectivity index (χ0) is 18.5. The normalized spacial score (nSPS) is 10.2. The first-order chi connectivity index (χ1) is 12.6. The van der Waals surface area contributed by atoms with Gasteiger partial charge in [-0.2, -0.15) is 5.26 Å². The minimum atomic E-state index is -0.477. The van der Waals surface area contributed by atoms with Gasteiger partial charge in [0.1, 0.15) is 6.07 Å². The summed E-state index contributed by atoms with van der Waals surface area (Å²) >= 11 is 0. The Morgan fingerprint density at radius 3 is 2.27 bits per heavy atom. The minimum Gasteiger partial charge on any atom is -0.462 e. The van der Waals surface area contributed by atoms with E-state index >= 15 is 0 Å². The zero-order valence-electron chi connectivity index (χ0n) is 14.8. The predicted octanol–water partition coefficient (Wildman–Crippen LogP) is 5.38. The van der Waals surface area contributed by atoms with Gasteiger partial charge in [0.05, 0.1) is 17.7 Å². The summed E-state index contributed by atoms with van der Waals surface area (Å²) in [7, 11) is 0. The Bertz CT molecular complexity index is 968. The van der Waals surface area contributed by atoms with Crippen molar-refractivity contribution >= 4 is 5.97 Å². The van der Waals surface area contributed by atoms with E-state index in [0.29, 0.717) is 11.1 Å². The van der Waals surface area contributed by atoms with Crippen LogP contribution in [-0.2, 0) is 4.74 Å². The largest absolute Gasteiger partial charge is 0.462 e. The fourth-order valence-corrected chi connectivity index (χ4v) is 2.89. The van der Waals surface area contributed by atoms with Crippen molar-refractivity contribution in [2.75, 3.05) is 6.61 Å². The molecule has 0 spiro atoms. The number of ether oxygens (including phenoxy) is 1. The van der Waals surface area contributed by atoms with E-state index in [1.54, 1.807) is 13.0 Å². The Balaban J connectivity index is 2.26. The van der Waals surface area contributed by atoms with Crippen LogP contribution in [0.1, 0.15) is 28.4 Å². The van der Waals surface area contributed by atoms with Crippen molar-refractivity contribution in [2.45, 2.75) is 13.8 Å². The van der Waals surface area contributed by atoms with Gasteiger partial charge in [0.2, 0.25) is 0 Å². The second kappa shape index (κ2) is 7.67. The number of nitrogens with zero attached hydrogens (tertiary/aromatic N) is 1. The van der Waals surface area contributed by atoms with Crippen LogP contribution in [0, 0.1) is 18.3 Å². The molecule has 0 bridgehead atoms. The number of benzene rings is 3. The molecule has 0 radical (unpaired) electrons. The Labute approximate surface area is 153 Å². The van der Waals surface area contributed by atoms with Crippen LogP contribution in [0.5, 0.6) is 0 Å². The molecular weight excluding hydrogens is 322 g/mol. The molecule has 3 nitrogen and oxygen atoms in total. The molecule has 0 aromatic heterocycles. The predicted molar refractivity (Wildman–Crippen MR) is 103 cm³/mol. The lowest BCUT2D eigenvalue weighted by molar-refractivity contribution is 0.0526. The summed E-state index contributed by atoms with van der Waals surface area (Å²) in [5.74, 6) is -0.477. The molecule has 3 aromatic carbocycles. The molecule has 0 aliphatic rings. The van der Waals surface area contributed by atoms with Gasteiger partial charge in [0.25, 0.3) is 0 Å². The minimum absolute atomic E-state index is 0.263. The lowest BCUT2D eigenvalue weighted by atomic mass is 9.91. The number of nitriles is 1. The lowest BCUT2D eigenvalue weighted by Crippen LogP contribution is -2.08. The van der Waals surface area contributed by atoms with E-state index in [9.17, 15) is 10.1 Å². The molecule has 0 saturated heterocycles. The average molecular weight is 341 g/mol. The van der Waals surface area contributed by atoms with Gasteiger partial charge in [0.15, 0.2) is 0 Å². The Hall–Kier alpha value is -3.38. The van der Waals surface area contributed by atoms with Crippen LogP contribution in [0.2, 0.25) is 0 Å². The molecule has 128 valence electrons. The maximum atomic E-state index is 12.5. The van der Waals surface area contributed by atoms with E-state index in [-0.39, 0.29) is 6.61 Å². The van der Waals surface area contributed by atoms with E-state index in [0.717, 1.165) is 27.8 Å². The second-order valence-corrected chi connectivity index (χ2v) is 6.01. The molecule has 0 unspecified atom stereocenters. The fraction of sp³-hybridized carbons (Fsp3) is 0.130. The summed E-state index contributed by atoms with van der Waals surface area (Å²) in [6, 6.07) is 23.6.